The molecule has 0 atom stereocenters. The second-order valence-electron chi connectivity index (χ2n) is 2.65. The molecular weight excluding hydrogens is 238 g/mol. The van der Waals surface area contributed by atoms with Crippen LogP contribution in [0, 0.1) is 15.5 Å². The number of nitrogens with two attached hydrogens (primary N) is 1. The highest BCUT2D eigenvalue weighted by Crippen LogP contribution is 2.29. The van der Waals surface area contributed by atoms with Crippen molar-refractivity contribution in [3.8, 4) is 0 Å². The van der Waals surface area contributed by atoms with E-state index in [1.54, 1.807) is 6.07 Å². The van der Waals surface area contributed by atoms with Gasteiger partial charge in [0.2, 0.25) is 0 Å². The highest BCUT2D eigenvalue weighted by molar-refractivity contribution is 8.13. The van der Waals surface area contributed by atoms with E-state index in [2.05, 4.69) is 0 Å². The van der Waals surface area contributed by atoms with Crippen LogP contribution in [0.2, 0.25) is 5.02 Å². The first kappa shape index (κ1) is 11.8. The van der Waals surface area contributed by atoms with Crippen molar-refractivity contribution in [3.63, 3.8) is 0 Å². The molecule has 1 aromatic rings. The number of nitrogens with zero attached hydrogens (tertiary/aromatic N) is 1. The number of nitro benzene ring substituents is 1. The molecule has 0 heterocycles. The van der Waals surface area contributed by atoms with Gasteiger partial charge in [0.1, 0.15) is 0 Å². The summed E-state index contributed by atoms with van der Waals surface area (Å²) in [4.78, 5) is 10.2. The lowest BCUT2D eigenvalue weighted by Gasteiger charge is -2.03. The Labute approximate surface area is 95.3 Å². The molecule has 0 unspecified atom stereocenters. The van der Waals surface area contributed by atoms with E-state index in [4.69, 9.17) is 22.7 Å². The van der Waals surface area contributed by atoms with E-state index in [1.807, 2.05) is 0 Å². The lowest BCUT2D eigenvalue weighted by molar-refractivity contribution is -0.385. The molecule has 0 aliphatic heterocycles. The summed E-state index contributed by atoms with van der Waals surface area (Å²) in [6, 6.07) is 4.47. The summed E-state index contributed by atoms with van der Waals surface area (Å²) in [5.74, 6) is 0.228. The van der Waals surface area contributed by atoms with Gasteiger partial charge in [-0.15, -0.1) is 0 Å². The van der Waals surface area contributed by atoms with E-state index in [0.29, 0.717) is 10.6 Å². The Morgan fingerprint density at radius 2 is 2.33 bits per heavy atom. The fourth-order valence-corrected chi connectivity index (χ4v) is 1.93. The lowest BCUT2D eigenvalue weighted by atomic mass is 10.2. The maximum absolute atomic E-state index is 10.7. The molecule has 15 heavy (non-hydrogen) atoms. The van der Waals surface area contributed by atoms with Crippen LogP contribution < -0.4 is 5.73 Å². The second kappa shape index (κ2) is 4.99. The zero-order valence-corrected chi connectivity index (χ0v) is 9.14. The van der Waals surface area contributed by atoms with Crippen LogP contribution in [0.25, 0.3) is 0 Å². The molecule has 0 aliphatic rings. The third kappa shape index (κ3) is 3.10. The van der Waals surface area contributed by atoms with Crippen LogP contribution in [-0.4, -0.2) is 10.1 Å². The van der Waals surface area contributed by atoms with Crippen LogP contribution in [0.3, 0.4) is 0 Å². The molecule has 7 heteroatoms. The highest BCUT2D eigenvalue weighted by Gasteiger charge is 2.16. The first-order valence-electron chi connectivity index (χ1n) is 3.91. The Balaban J connectivity index is 3.02. The van der Waals surface area contributed by atoms with Crippen LogP contribution in [0.5, 0.6) is 0 Å². The van der Waals surface area contributed by atoms with Gasteiger partial charge in [-0.05, 0) is 6.07 Å². The van der Waals surface area contributed by atoms with Crippen LogP contribution >= 0.6 is 23.4 Å². The van der Waals surface area contributed by atoms with Gasteiger partial charge < -0.3 is 5.73 Å². The quantitative estimate of drug-likeness (QED) is 0.370. The summed E-state index contributed by atoms with van der Waals surface area (Å²) in [5, 5.41) is 17.9. The number of amidine groups is 1. The van der Waals surface area contributed by atoms with Crippen LogP contribution in [-0.2, 0) is 5.75 Å². The summed E-state index contributed by atoms with van der Waals surface area (Å²) in [6.45, 7) is 0. The molecule has 0 radical (unpaired) electrons. The van der Waals surface area contributed by atoms with Gasteiger partial charge >= 0.3 is 0 Å². The smallest absolute Gasteiger partial charge is 0.274 e. The second-order valence-corrected chi connectivity index (χ2v) is 4.07. The van der Waals surface area contributed by atoms with Crippen molar-refractivity contribution in [2.75, 3.05) is 0 Å². The number of benzene rings is 1. The van der Waals surface area contributed by atoms with Gasteiger partial charge in [0.15, 0.2) is 5.17 Å². The van der Waals surface area contributed by atoms with Crippen LogP contribution in [0.15, 0.2) is 18.2 Å². The normalized spacial score (nSPS) is 9.93. The van der Waals surface area contributed by atoms with E-state index < -0.39 is 4.92 Å². The first-order valence-corrected chi connectivity index (χ1v) is 5.27. The predicted octanol–water partition coefficient (Wildman–Crippen LogP) is 2.37. The molecule has 1 rings (SSSR count). The SMILES string of the molecule is N=C(N)SCc1c(Cl)cccc1[N+](=O)[O-]. The Morgan fingerprint density at radius 3 is 2.87 bits per heavy atom. The van der Waals surface area contributed by atoms with E-state index >= 15 is 0 Å². The zero-order valence-electron chi connectivity index (χ0n) is 7.57. The number of halogens is 1. The number of rotatable bonds is 3. The molecule has 1 aromatic carbocycles. The number of hydrogen-bond acceptors (Lipinski definition) is 4. The van der Waals surface area contributed by atoms with Crippen molar-refractivity contribution in [3.05, 3.63) is 38.9 Å². The summed E-state index contributed by atoms with van der Waals surface area (Å²) in [7, 11) is 0. The molecule has 5 nitrogen and oxygen atoms in total. The van der Waals surface area contributed by atoms with Crippen molar-refractivity contribution in [2.45, 2.75) is 5.75 Å². The predicted molar refractivity (Wildman–Crippen MR) is 61.3 cm³/mol. The first-order chi connectivity index (χ1) is 7.02. The summed E-state index contributed by atoms with van der Waals surface area (Å²) >= 11 is 6.83. The van der Waals surface area contributed by atoms with Gasteiger partial charge in [-0.3, -0.25) is 15.5 Å². The van der Waals surface area contributed by atoms with Gasteiger partial charge in [-0.2, -0.15) is 0 Å². The molecule has 0 saturated heterocycles. The van der Waals surface area contributed by atoms with Gasteiger partial charge in [0.25, 0.3) is 5.69 Å². The maximum Gasteiger partial charge on any atom is 0.274 e. The Kier molecular flexibility index (Phi) is 3.93. The average Bonchev–Trinajstić information content (AvgIpc) is 2.15. The standard InChI is InChI=1S/C8H8ClN3O2S/c9-6-2-1-3-7(12(13)14)5(6)4-15-8(10)11/h1-3H,4H2,(H3,10,11). The van der Waals surface area contributed by atoms with Gasteiger partial charge in [-0.1, -0.05) is 29.4 Å². The monoisotopic (exact) mass is 245 g/mol. The van der Waals surface area contributed by atoms with Crippen molar-refractivity contribution in [1.82, 2.24) is 0 Å². The minimum atomic E-state index is -0.498. The minimum Gasteiger partial charge on any atom is -0.379 e. The zero-order chi connectivity index (χ0) is 11.4. The van der Waals surface area contributed by atoms with Gasteiger partial charge in [0, 0.05) is 11.8 Å². The fraction of sp³-hybridized carbons (Fsp3) is 0.125. The van der Waals surface area contributed by atoms with E-state index in [0.717, 1.165) is 11.8 Å². The average molecular weight is 246 g/mol. The number of nitrogens with one attached hydrogen (secondary N) is 1. The molecule has 0 aliphatic carbocycles. The van der Waals surface area contributed by atoms with Crippen LogP contribution in [0.4, 0.5) is 5.69 Å². The molecular formula is C8H8ClN3O2S. The number of thioether (sulfide) groups is 1. The van der Waals surface area contributed by atoms with E-state index in [1.165, 1.54) is 12.1 Å². The molecule has 0 fully saturated rings. The molecule has 0 spiro atoms. The number of hydrogen-bond donors (Lipinski definition) is 2. The van der Waals surface area contributed by atoms with Crippen LogP contribution in [0.1, 0.15) is 5.56 Å². The Hall–Kier alpha value is -1.27. The molecule has 0 aromatic heterocycles. The maximum atomic E-state index is 10.7. The summed E-state index contributed by atoms with van der Waals surface area (Å²) < 4.78 is 0. The minimum absolute atomic E-state index is 0.0451. The van der Waals surface area contributed by atoms with Crippen molar-refractivity contribution >= 4 is 34.2 Å². The molecule has 0 saturated carbocycles. The Morgan fingerprint density at radius 1 is 1.67 bits per heavy atom. The topological polar surface area (TPSA) is 93.0 Å². The third-order valence-corrected chi connectivity index (χ3v) is 2.76. The summed E-state index contributed by atoms with van der Waals surface area (Å²) in [5.41, 5.74) is 5.50. The molecule has 0 bridgehead atoms. The van der Waals surface area contributed by atoms with Crippen molar-refractivity contribution in [1.29, 1.82) is 5.41 Å². The summed E-state index contributed by atoms with van der Waals surface area (Å²) in [6.07, 6.45) is 0. The largest absolute Gasteiger partial charge is 0.379 e. The highest BCUT2D eigenvalue weighted by atomic mass is 35.5. The molecule has 0 amide bonds. The number of nitro groups is 1. The Bertz CT molecular complexity index is 411. The van der Waals surface area contributed by atoms with E-state index in [9.17, 15) is 10.1 Å². The van der Waals surface area contributed by atoms with Gasteiger partial charge in [0.05, 0.1) is 15.5 Å². The van der Waals surface area contributed by atoms with Gasteiger partial charge in [-0.25, -0.2) is 0 Å². The van der Waals surface area contributed by atoms with Crippen molar-refractivity contribution in [2.24, 2.45) is 5.73 Å². The lowest BCUT2D eigenvalue weighted by Crippen LogP contribution is -2.05. The third-order valence-electron chi connectivity index (χ3n) is 1.66. The molecule has 3 N–H and O–H groups in total. The molecule has 80 valence electrons. The van der Waals surface area contributed by atoms with Crippen molar-refractivity contribution < 1.29 is 4.92 Å². The van der Waals surface area contributed by atoms with E-state index in [-0.39, 0.29) is 16.6 Å². The fourth-order valence-electron chi connectivity index (χ4n) is 1.01.